The number of ether oxygens (including phenoxy) is 1. The van der Waals surface area contributed by atoms with E-state index in [1.807, 2.05) is 24.3 Å². The molecule has 28 heavy (non-hydrogen) atoms. The highest BCUT2D eigenvalue weighted by Gasteiger charge is 2.27. The van der Waals surface area contributed by atoms with Gasteiger partial charge in [0.05, 0.1) is 18.0 Å². The molecule has 0 unspecified atom stereocenters. The van der Waals surface area contributed by atoms with E-state index >= 15 is 0 Å². The van der Waals surface area contributed by atoms with Crippen molar-refractivity contribution in [2.45, 2.75) is 11.8 Å². The van der Waals surface area contributed by atoms with Gasteiger partial charge in [0.1, 0.15) is 5.76 Å². The van der Waals surface area contributed by atoms with Crippen LogP contribution in [0.15, 0.2) is 57.9 Å². The van der Waals surface area contributed by atoms with Crippen LogP contribution in [-0.4, -0.2) is 50.6 Å². The predicted molar refractivity (Wildman–Crippen MR) is 104 cm³/mol. The lowest BCUT2D eigenvalue weighted by Crippen LogP contribution is -2.40. The second-order valence-corrected chi connectivity index (χ2v) is 8.15. The summed E-state index contributed by atoms with van der Waals surface area (Å²) in [6, 6.07) is 13.9. The Hall–Kier alpha value is -2.75. The minimum Gasteiger partial charge on any atom is -0.383 e. The van der Waals surface area contributed by atoms with Crippen molar-refractivity contribution < 1.29 is 22.5 Å². The summed E-state index contributed by atoms with van der Waals surface area (Å²) in [6.45, 7) is 1.52. The Kier molecular flexibility index (Phi) is 6.08. The number of amides is 1. The van der Waals surface area contributed by atoms with Crippen LogP contribution in [0.2, 0.25) is 0 Å². The molecule has 0 fully saturated rings. The zero-order valence-electron chi connectivity index (χ0n) is 15.6. The minimum atomic E-state index is -3.90. The van der Waals surface area contributed by atoms with Gasteiger partial charge in [0.15, 0.2) is 5.82 Å². The number of carbonyl (C=O) groups excluding carboxylic acids is 1. The van der Waals surface area contributed by atoms with Crippen LogP contribution in [0.4, 0.5) is 5.82 Å². The van der Waals surface area contributed by atoms with Crippen LogP contribution in [0.3, 0.4) is 0 Å². The number of hydrogen-bond acceptors (Lipinski definition) is 6. The van der Waals surface area contributed by atoms with Crippen molar-refractivity contribution >= 4 is 32.5 Å². The molecule has 2 aromatic carbocycles. The fraction of sp³-hybridized carbons (Fsp3) is 0.263. The SMILES string of the molecule is COCCN(CC(=O)Nc1cc(C)on1)S(=O)(=O)c1ccc2ccccc2c1. The fourth-order valence-corrected chi connectivity index (χ4v) is 4.14. The zero-order chi connectivity index (χ0) is 20.1. The third kappa shape index (κ3) is 4.56. The van der Waals surface area contributed by atoms with Crippen LogP contribution in [0.1, 0.15) is 5.76 Å². The summed E-state index contributed by atoms with van der Waals surface area (Å²) < 4.78 is 37.3. The van der Waals surface area contributed by atoms with Gasteiger partial charge in [-0.1, -0.05) is 35.5 Å². The molecule has 0 saturated carbocycles. The first-order valence-electron chi connectivity index (χ1n) is 8.61. The molecule has 9 heteroatoms. The van der Waals surface area contributed by atoms with Crippen molar-refractivity contribution in [3.63, 3.8) is 0 Å². The number of nitrogens with one attached hydrogen (secondary N) is 1. The average molecular weight is 403 g/mol. The molecule has 1 heterocycles. The van der Waals surface area contributed by atoms with Crippen LogP contribution >= 0.6 is 0 Å². The van der Waals surface area contributed by atoms with Crippen LogP contribution in [0.25, 0.3) is 10.8 Å². The molecule has 0 radical (unpaired) electrons. The predicted octanol–water partition coefficient (Wildman–Crippen LogP) is 2.41. The number of hydrogen-bond donors (Lipinski definition) is 1. The highest BCUT2D eigenvalue weighted by Crippen LogP contribution is 2.22. The quantitative estimate of drug-likeness (QED) is 0.620. The second-order valence-electron chi connectivity index (χ2n) is 6.21. The Morgan fingerprint density at radius 2 is 1.93 bits per heavy atom. The third-order valence-electron chi connectivity index (χ3n) is 4.12. The molecule has 0 bridgehead atoms. The van der Waals surface area contributed by atoms with Gasteiger partial charge in [0, 0.05) is 19.7 Å². The standard InChI is InChI=1S/C19H21N3O5S/c1-14-11-18(21-27-14)20-19(23)13-22(9-10-26-2)28(24,25)17-8-7-15-5-3-4-6-16(15)12-17/h3-8,11-12H,9-10,13H2,1-2H3,(H,20,21,23). The summed E-state index contributed by atoms with van der Waals surface area (Å²) in [5.41, 5.74) is 0. The molecule has 1 aromatic heterocycles. The van der Waals surface area contributed by atoms with Gasteiger partial charge in [-0.25, -0.2) is 8.42 Å². The maximum Gasteiger partial charge on any atom is 0.243 e. The lowest BCUT2D eigenvalue weighted by atomic mass is 10.1. The van der Waals surface area contributed by atoms with Crippen molar-refractivity contribution in [2.75, 3.05) is 32.1 Å². The number of fused-ring (bicyclic) bond motifs is 1. The normalized spacial score (nSPS) is 11.8. The molecular formula is C19H21N3O5S. The fourth-order valence-electron chi connectivity index (χ4n) is 2.72. The summed E-state index contributed by atoms with van der Waals surface area (Å²) in [5, 5.41) is 7.95. The molecule has 0 saturated heterocycles. The molecule has 148 valence electrons. The van der Waals surface area contributed by atoms with Crippen molar-refractivity contribution in [1.82, 2.24) is 9.46 Å². The molecule has 3 rings (SSSR count). The van der Waals surface area contributed by atoms with Gasteiger partial charge in [-0.3, -0.25) is 4.79 Å². The monoisotopic (exact) mass is 403 g/mol. The zero-order valence-corrected chi connectivity index (χ0v) is 16.4. The Morgan fingerprint density at radius 1 is 1.18 bits per heavy atom. The minimum absolute atomic E-state index is 0.0386. The van der Waals surface area contributed by atoms with Crippen LogP contribution in [0, 0.1) is 6.92 Å². The average Bonchev–Trinajstić information content (AvgIpc) is 3.09. The van der Waals surface area contributed by atoms with Gasteiger partial charge in [0.2, 0.25) is 15.9 Å². The summed E-state index contributed by atoms with van der Waals surface area (Å²) >= 11 is 0. The first-order chi connectivity index (χ1) is 13.4. The van der Waals surface area contributed by atoms with E-state index in [0.29, 0.717) is 5.76 Å². The van der Waals surface area contributed by atoms with Gasteiger partial charge in [0.25, 0.3) is 0 Å². The van der Waals surface area contributed by atoms with Crippen molar-refractivity contribution in [3.8, 4) is 0 Å². The molecule has 0 aliphatic rings. The van der Waals surface area contributed by atoms with Gasteiger partial charge in [-0.15, -0.1) is 0 Å². The third-order valence-corrected chi connectivity index (χ3v) is 5.96. The topological polar surface area (TPSA) is 102 Å². The van der Waals surface area contributed by atoms with E-state index in [4.69, 9.17) is 9.26 Å². The number of carbonyl (C=O) groups is 1. The van der Waals surface area contributed by atoms with E-state index in [2.05, 4.69) is 10.5 Å². The highest BCUT2D eigenvalue weighted by molar-refractivity contribution is 7.89. The maximum absolute atomic E-state index is 13.1. The number of aryl methyl sites for hydroxylation is 1. The number of nitrogens with zero attached hydrogens (tertiary/aromatic N) is 2. The Bertz CT molecular complexity index is 1080. The van der Waals surface area contributed by atoms with Crippen LogP contribution < -0.4 is 5.32 Å². The van der Waals surface area contributed by atoms with E-state index in [9.17, 15) is 13.2 Å². The molecule has 1 N–H and O–H groups in total. The molecule has 0 aliphatic heterocycles. The molecule has 0 atom stereocenters. The number of rotatable bonds is 8. The first-order valence-corrected chi connectivity index (χ1v) is 10.1. The molecular weight excluding hydrogens is 382 g/mol. The van der Waals surface area contributed by atoms with Gasteiger partial charge < -0.3 is 14.6 Å². The van der Waals surface area contributed by atoms with Crippen LogP contribution in [0.5, 0.6) is 0 Å². The van der Waals surface area contributed by atoms with Crippen molar-refractivity contribution in [1.29, 1.82) is 0 Å². The molecule has 1 amide bonds. The summed E-state index contributed by atoms with van der Waals surface area (Å²) in [5.74, 6) is 0.251. The van der Waals surface area contributed by atoms with Gasteiger partial charge in [-0.05, 0) is 29.8 Å². The summed E-state index contributed by atoms with van der Waals surface area (Å²) in [4.78, 5) is 12.5. The first kappa shape index (κ1) is 20.0. The Labute approximate surface area is 163 Å². The highest BCUT2D eigenvalue weighted by atomic mass is 32.2. The molecule has 8 nitrogen and oxygen atoms in total. The van der Waals surface area contributed by atoms with E-state index in [1.165, 1.54) is 13.2 Å². The maximum atomic E-state index is 13.1. The largest absolute Gasteiger partial charge is 0.383 e. The van der Waals surface area contributed by atoms with E-state index < -0.39 is 15.9 Å². The van der Waals surface area contributed by atoms with Gasteiger partial charge >= 0.3 is 0 Å². The van der Waals surface area contributed by atoms with E-state index in [1.54, 1.807) is 25.1 Å². The van der Waals surface area contributed by atoms with E-state index in [0.717, 1.165) is 15.1 Å². The molecule has 3 aromatic rings. The lowest BCUT2D eigenvalue weighted by Gasteiger charge is -2.21. The van der Waals surface area contributed by atoms with Gasteiger partial charge in [-0.2, -0.15) is 4.31 Å². The van der Waals surface area contributed by atoms with Crippen molar-refractivity contribution in [2.24, 2.45) is 0 Å². The number of aromatic nitrogens is 1. The lowest BCUT2D eigenvalue weighted by molar-refractivity contribution is -0.116. The van der Waals surface area contributed by atoms with Crippen LogP contribution in [-0.2, 0) is 19.6 Å². The molecule has 0 aliphatic carbocycles. The van der Waals surface area contributed by atoms with E-state index in [-0.39, 0.29) is 30.4 Å². The summed E-state index contributed by atoms with van der Waals surface area (Å²) in [7, 11) is -2.43. The second kappa shape index (κ2) is 8.51. The van der Waals surface area contributed by atoms with Crippen molar-refractivity contribution in [3.05, 3.63) is 54.3 Å². The Morgan fingerprint density at radius 3 is 2.61 bits per heavy atom. The molecule has 0 spiro atoms. The summed E-state index contributed by atoms with van der Waals surface area (Å²) in [6.07, 6.45) is 0. The number of benzene rings is 2. The Balaban J connectivity index is 1.84. The number of anilines is 1. The smallest absolute Gasteiger partial charge is 0.243 e. The number of sulfonamides is 1. The number of methoxy groups -OCH3 is 1.